The second kappa shape index (κ2) is 12.4. The van der Waals surface area contributed by atoms with Gasteiger partial charge >= 0.3 is 0 Å². The molecule has 1 aliphatic carbocycles. The molecule has 1 fully saturated rings. The molecule has 1 aromatic rings. The van der Waals surface area contributed by atoms with E-state index in [1.54, 1.807) is 32.4 Å². The highest BCUT2D eigenvalue weighted by molar-refractivity contribution is 5.97. The van der Waals surface area contributed by atoms with Crippen LogP contribution in [0, 0.1) is 11.8 Å². The molecule has 0 spiro atoms. The Bertz CT molecular complexity index is 683. The molecule has 2 rings (SSSR count). The van der Waals surface area contributed by atoms with E-state index in [4.69, 9.17) is 9.47 Å². The van der Waals surface area contributed by atoms with E-state index >= 15 is 0 Å². The van der Waals surface area contributed by atoms with Crippen LogP contribution in [0.4, 0.5) is 0 Å². The number of hydrogen-bond acceptors (Lipinski definition) is 5. The quantitative estimate of drug-likeness (QED) is 0.577. The molecule has 2 amide bonds. The molecular formula is C23H37N3O4. The average molecular weight is 420 g/mol. The highest BCUT2D eigenvalue weighted by Crippen LogP contribution is 2.29. The molecule has 2 N–H and O–H groups in total. The minimum absolute atomic E-state index is 0.0929. The van der Waals surface area contributed by atoms with Gasteiger partial charge in [-0.25, -0.2) is 0 Å². The Morgan fingerprint density at radius 2 is 1.73 bits per heavy atom. The van der Waals surface area contributed by atoms with Gasteiger partial charge < -0.3 is 25.0 Å². The van der Waals surface area contributed by atoms with E-state index in [0.717, 1.165) is 45.3 Å². The number of hydrogen-bond donors (Lipinski definition) is 2. The third-order valence-electron chi connectivity index (χ3n) is 6.04. The molecule has 1 aliphatic rings. The van der Waals surface area contributed by atoms with Crippen LogP contribution in [0.2, 0.25) is 0 Å². The van der Waals surface area contributed by atoms with Crippen molar-refractivity contribution in [2.45, 2.75) is 39.5 Å². The first-order chi connectivity index (χ1) is 14.5. The van der Waals surface area contributed by atoms with Crippen molar-refractivity contribution in [1.82, 2.24) is 15.5 Å². The second-order valence-corrected chi connectivity index (χ2v) is 7.81. The van der Waals surface area contributed by atoms with Gasteiger partial charge in [0.25, 0.3) is 5.91 Å². The molecule has 0 radical (unpaired) electrons. The van der Waals surface area contributed by atoms with Crippen molar-refractivity contribution in [2.24, 2.45) is 11.8 Å². The number of ether oxygens (including phenoxy) is 2. The normalized spacial score (nSPS) is 18.7. The molecule has 1 saturated carbocycles. The molecule has 0 saturated heterocycles. The molecule has 7 nitrogen and oxygen atoms in total. The van der Waals surface area contributed by atoms with Crippen LogP contribution in [0.1, 0.15) is 49.9 Å². The lowest BCUT2D eigenvalue weighted by atomic mass is 9.81. The fraction of sp³-hybridized carbons (Fsp3) is 0.652. The van der Waals surface area contributed by atoms with Gasteiger partial charge in [0.15, 0.2) is 0 Å². The van der Waals surface area contributed by atoms with Gasteiger partial charge in [0.05, 0.1) is 19.8 Å². The minimum atomic E-state index is -0.147. The lowest BCUT2D eigenvalue weighted by molar-refractivity contribution is -0.126. The summed E-state index contributed by atoms with van der Waals surface area (Å²) in [6, 6.07) is 5.17. The molecule has 0 heterocycles. The monoisotopic (exact) mass is 419 g/mol. The highest BCUT2D eigenvalue weighted by Gasteiger charge is 2.26. The van der Waals surface area contributed by atoms with Crippen LogP contribution in [0.5, 0.6) is 11.5 Å². The van der Waals surface area contributed by atoms with E-state index in [0.29, 0.717) is 36.1 Å². The van der Waals surface area contributed by atoms with Crippen LogP contribution >= 0.6 is 0 Å². The summed E-state index contributed by atoms with van der Waals surface area (Å²) in [5, 5.41) is 6.10. The summed E-state index contributed by atoms with van der Waals surface area (Å²) in [5.74, 6) is 1.67. The van der Waals surface area contributed by atoms with Crippen LogP contribution < -0.4 is 20.1 Å². The highest BCUT2D eigenvalue weighted by atomic mass is 16.5. The number of amides is 2. The van der Waals surface area contributed by atoms with E-state index in [9.17, 15) is 9.59 Å². The van der Waals surface area contributed by atoms with Gasteiger partial charge in [0, 0.05) is 31.6 Å². The number of carbonyl (C=O) groups excluding carboxylic acids is 2. The Morgan fingerprint density at radius 3 is 2.33 bits per heavy atom. The zero-order chi connectivity index (χ0) is 21.9. The number of nitrogens with one attached hydrogen (secondary N) is 2. The van der Waals surface area contributed by atoms with Crippen LogP contribution in [-0.2, 0) is 4.79 Å². The molecule has 168 valence electrons. The maximum absolute atomic E-state index is 12.6. The Morgan fingerprint density at radius 1 is 1.03 bits per heavy atom. The van der Waals surface area contributed by atoms with Gasteiger partial charge in [-0.15, -0.1) is 0 Å². The Balaban J connectivity index is 1.73. The van der Waals surface area contributed by atoms with Crippen molar-refractivity contribution >= 4 is 11.8 Å². The summed E-state index contributed by atoms with van der Waals surface area (Å²) in [6.45, 7) is 8.50. The van der Waals surface area contributed by atoms with Gasteiger partial charge in [-0.3, -0.25) is 9.59 Å². The van der Waals surface area contributed by atoms with Crippen molar-refractivity contribution in [1.29, 1.82) is 0 Å². The van der Waals surface area contributed by atoms with Crippen molar-refractivity contribution in [3.05, 3.63) is 23.8 Å². The van der Waals surface area contributed by atoms with Crippen LogP contribution in [-0.4, -0.2) is 63.7 Å². The number of benzene rings is 1. The molecule has 0 bridgehead atoms. The van der Waals surface area contributed by atoms with Gasteiger partial charge in [0.2, 0.25) is 5.91 Å². The minimum Gasteiger partial charge on any atom is -0.497 e. The van der Waals surface area contributed by atoms with Crippen LogP contribution in [0.25, 0.3) is 0 Å². The van der Waals surface area contributed by atoms with Gasteiger partial charge in [-0.2, -0.15) is 0 Å². The first-order valence-electron chi connectivity index (χ1n) is 11.0. The fourth-order valence-electron chi connectivity index (χ4n) is 3.97. The van der Waals surface area contributed by atoms with Gasteiger partial charge in [-0.1, -0.05) is 13.8 Å². The smallest absolute Gasteiger partial charge is 0.255 e. The molecule has 0 unspecified atom stereocenters. The summed E-state index contributed by atoms with van der Waals surface area (Å²) >= 11 is 0. The zero-order valence-electron chi connectivity index (χ0n) is 18.8. The molecular weight excluding hydrogens is 382 g/mol. The van der Waals surface area contributed by atoms with Gasteiger partial charge in [0.1, 0.15) is 11.5 Å². The number of rotatable bonds is 11. The van der Waals surface area contributed by atoms with E-state index in [1.165, 1.54) is 0 Å². The number of likely N-dealkylation sites (N-methyl/N-ethyl adjacent to an activating group) is 1. The Kier molecular flexibility index (Phi) is 9.94. The predicted molar refractivity (Wildman–Crippen MR) is 118 cm³/mol. The van der Waals surface area contributed by atoms with Crippen molar-refractivity contribution in [3.8, 4) is 11.5 Å². The predicted octanol–water partition coefficient (Wildman–Crippen LogP) is 2.70. The molecule has 0 aromatic heterocycles. The van der Waals surface area contributed by atoms with Crippen LogP contribution in [0.15, 0.2) is 18.2 Å². The maximum Gasteiger partial charge on any atom is 0.255 e. The zero-order valence-corrected chi connectivity index (χ0v) is 18.8. The average Bonchev–Trinajstić information content (AvgIpc) is 2.80. The third kappa shape index (κ3) is 6.90. The SMILES string of the molecule is CCN(CC)CCNC(=O)C1CCC(CNC(=O)c2ccc(OC)cc2OC)CC1. The Labute approximate surface area is 180 Å². The molecule has 0 aliphatic heterocycles. The lowest BCUT2D eigenvalue weighted by Crippen LogP contribution is -2.39. The summed E-state index contributed by atoms with van der Waals surface area (Å²) in [6.07, 6.45) is 3.66. The standard InChI is InChI=1S/C23H37N3O4/c1-5-26(6-2)14-13-24-22(27)18-9-7-17(8-10-18)16-25-23(28)20-12-11-19(29-3)15-21(20)30-4/h11-12,15,17-18H,5-10,13-14,16H2,1-4H3,(H,24,27)(H,25,28). The van der Waals surface area contributed by atoms with Crippen molar-refractivity contribution in [2.75, 3.05) is 46.9 Å². The Hall–Kier alpha value is -2.28. The van der Waals surface area contributed by atoms with Crippen molar-refractivity contribution in [3.63, 3.8) is 0 Å². The fourth-order valence-corrected chi connectivity index (χ4v) is 3.97. The lowest BCUT2D eigenvalue weighted by Gasteiger charge is -2.28. The largest absolute Gasteiger partial charge is 0.497 e. The first kappa shape index (κ1) is 24.0. The number of methoxy groups -OCH3 is 2. The number of nitrogens with zero attached hydrogens (tertiary/aromatic N) is 1. The molecule has 1 aromatic carbocycles. The summed E-state index contributed by atoms with van der Waals surface area (Å²) in [7, 11) is 3.12. The maximum atomic E-state index is 12.6. The second-order valence-electron chi connectivity index (χ2n) is 7.81. The molecule has 7 heteroatoms. The van der Waals surface area contributed by atoms with E-state index in [2.05, 4.69) is 29.4 Å². The van der Waals surface area contributed by atoms with E-state index < -0.39 is 0 Å². The van der Waals surface area contributed by atoms with Gasteiger partial charge in [-0.05, 0) is 56.8 Å². The topological polar surface area (TPSA) is 79.9 Å². The number of carbonyl (C=O) groups is 2. The van der Waals surface area contributed by atoms with E-state index in [1.807, 2.05) is 0 Å². The summed E-state index contributed by atoms with van der Waals surface area (Å²) in [5.41, 5.74) is 0.500. The third-order valence-corrected chi connectivity index (χ3v) is 6.04. The van der Waals surface area contributed by atoms with Crippen LogP contribution in [0.3, 0.4) is 0 Å². The van der Waals surface area contributed by atoms with Crippen molar-refractivity contribution < 1.29 is 19.1 Å². The molecule has 0 atom stereocenters. The summed E-state index contributed by atoms with van der Waals surface area (Å²) in [4.78, 5) is 27.3. The van der Waals surface area contributed by atoms with E-state index in [-0.39, 0.29) is 17.7 Å². The molecule has 30 heavy (non-hydrogen) atoms. The first-order valence-corrected chi connectivity index (χ1v) is 11.0. The summed E-state index contributed by atoms with van der Waals surface area (Å²) < 4.78 is 10.5.